The molecule has 1 unspecified atom stereocenters. The number of carbonyl (C=O) groups excluding carboxylic acids is 1. The number of carbonyl (C=O) groups is 1. The van der Waals surface area contributed by atoms with E-state index in [1.165, 1.54) is 0 Å². The van der Waals surface area contributed by atoms with Gasteiger partial charge in [0.05, 0.1) is 35.4 Å². The number of fused-ring (bicyclic) bond motifs is 4. The van der Waals surface area contributed by atoms with E-state index in [2.05, 4.69) is 52.0 Å². The van der Waals surface area contributed by atoms with Gasteiger partial charge in [-0.15, -0.1) is 11.3 Å². The van der Waals surface area contributed by atoms with Crippen molar-refractivity contribution < 1.29 is 23.0 Å². The molecule has 1 fully saturated rings. The van der Waals surface area contributed by atoms with Crippen LogP contribution in [0.3, 0.4) is 0 Å². The summed E-state index contributed by atoms with van der Waals surface area (Å²) in [7, 11) is 2.10. The van der Waals surface area contributed by atoms with Crippen LogP contribution in [-0.2, 0) is 22.7 Å². The van der Waals surface area contributed by atoms with E-state index in [0.717, 1.165) is 42.6 Å². The number of rotatable bonds is 5. The van der Waals surface area contributed by atoms with E-state index in [4.69, 9.17) is 14.5 Å². The summed E-state index contributed by atoms with van der Waals surface area (Å²) in [6.45, 7) is 11.2. The van der Waals surface area contributed by atoms with Gasteiger partial charge in [-0.25, -0.2) is 23.5 Å². The van der Waals surface area contributed by atoms with E-state index in [1.54, 1.807) is 27.0 Å². The minimum Gasteiger partial charge on any atom is -0.444 e. The fourth-order valence-electron chi connectivity index (χ4n) is 5.83. The van der Waals surface area contributed by atoms with E-state index in [9.17, 15) is 10.1 Å². The Balaban J connectivity index is 1.49. The van der Waals surface area contributed by atoms with Gasteiger partial charge in [-0.2, -0.15) is 5.26 Å². The lowest BCUT2D eigenvalue weighted by Crippen LogP contribution is -2.39. The largest absolute Gasteiger partial charge is 0.444 e. The predicted molar refractivity (Wildman–Crippen MR) is 165 cm³/mol. The number of nitriles is 1. The number of hydrogen-bond acceptors (Lipinski definition) is 10. The molecule has 2 aliphatic heterocycles. The highest BCUT2D eigenvalue weighted by molar-refractivity contribution is 7.23. The molecule has 1 amide bonds. The molecule has 10 nitrogen and oxygen atoms in total. The number of anilines is 2. The van der Waals surface area contributed by atoms with Crippen molar-refractivity contribution in [3.63, 3.8) is 0 Å². The van der Waals surface area contributed by atoms with Crippen LogP contribution in [-0.4, -0.2) is 63.8 Å². The minimum absolute atomic E-state index is 0.0363. The Kier molecular flexibility index (Phi) is 7.63. The van der Waals surface area contributed by atoms with E-state index in [-0.39, 0.29) is 50.6 Å². The molecule has 1 N–H and O–H groups in total. The number of ether oxygens (including phenoxy) is 2. The molecule has 44 heavy (non-hydrogen) atoms. The van der Waals surface area contributed by atoms with Gasteiger partial charge in [0.15, 0.2) is 11.6 Å². The Morgan fingerprint density at radius 3 is 2.70 bits per heavy atom. The number of benzene rings is 1. The number of aromatic nitrogens is 3. The van der Waals surface area contributed by atoms with E-state index in [0.29, 0.717) is 29.0 Å². The third-order valence-electron chi connectivity index (χ3n) is 8.16. The zero-order valence-corrected chi connectivity index (χ0v) is 26.2. The number of nitrogens with zero attached hydrogens (tertiary/aromatic N) is 6. The van der Waals surface area contributed by atoms with Gasteiger partial charge in [0.2, 0.25) is 5.95 Å². The molecule has 2 aliphatic rings. The normalized spacial score (nSPS) is 16.8. The zero-order chi connectivity index (χ0) is 31.5. The zero-order valence-electron chi connectivity index (χ0n) is 25.4. The molecule has 0 bridgehead atoms. The number of nitrogens with one attached hydrogen (secondary N) is 1. The topological polar surface area (TPSA) is 116 Å². The maximum absolute atomic E-state index is 16.8. The summed E-state index contributed by atoms with van der Waals surface area (Å²) < 4.78 is 43.1. The summed E-state index contributed by atoms with van der Waals surface area (Å²) in [6, 6.07) is 2.77. The van der Waals surface area contributed by atoms with Crippen LogP contribution in [0, 0.1) is 23.0 Å². The molecule has 230 valence electrons. The summed E-state index contributed by atoms with van der Waals surface area (Å²) in [6.07, 6.45) is 2.78. The van der Waals surface area contributed by atoms with Gasteiger partial charge in [0.25, 0.3) is 0 Å². The summed E-state index contributed by atoms with van der Waals surface area (Å²) in [5.41, 5.74) is 0.719. The van der Waals surface area contributed by atoms with Crippen LogP contribution in [0.2, 0.25) is 0 Å². The van der Waals surface area contributed by atoms with E-state index < -0.39 is 23.3 Å². The van der Waals surface area contributed by atoms with Crippen LogP contribution in [0.15, 0.2) is 12.4 Å². The van der Waals surface area contributed by atoms with Gasteiger partial charge in [0, 0.05) is 47.7 Å². The summed E-state index contributed by atoms with van der Waals surface area (Å²) >= 11 is 0.865. The standard InChI is InChI=1S/C31H33F2N7O3S/c1-15(2)39(6)16-7-8-40(12-16)29-36-10-18-19-13-42-14-20(19)22(24(33)25(18)37-29)26-23-17(9-34)28(38-30(41)43-31(3,4)5)44-27(23)21(32)11-35-26/h10-11,15-16H,7-8,12-14H2,1-6H3,(H,38,41). The first-order valence-electron chi connectivity index (χ1n) is 14.4. The lowest BCUT2D eigenvalue weighted by molar-refractivity contribution is 0.0636. The highest BCUT2D eigenvalue weighted by atomic mass is 32.1. The monoisotopic (exact) mass is 621 g/mol. The highest BCUT2D eigenvalue weighted by Crippen LogP contribution is 2.46. The van der Waals surface area contributed by atoms with Crippen molar-refractivity contribution in [2.45, 2.75) is 71.9 Å². The molecule has 5 heterocycles. The van der Waals surface area contributed by atoms with E-state index >= 15 is 8.78 Å². The molecular weight excluding hydrogens is 588 g/mol. The van der Waals surface area contributed by atoms with Crippen molar-refractivity contribution in [2.24, 2.45) is 0 Å². The molecule has 13 heteroatoms. The van der Waals surface area contributed by atoms with Gasteiger partial charge >= 0.3 is 6.09 Å². The van der Waals surface area contributed by atoms with Crippen LogP contribution in [0.5, 0.6) is 0 Å². The second kappa shape index (κ2) is 11.2. The minimum atomic E-state index is -0.797. The number of thiophene rings is 1. The summed E-state index contributed by atoms with van der Waals surface area (Å²) in [5.74, 6) is -0.925. The lowest BCUT2D eigenvalue weighted by atomic mass is 9.94. The van der Waals surface area contributed by atoms with Crippen molar-refractivity contribution >= 4 is 49.4 Å². The summed E-state index contributed by atoms with van der Waals surface area (Å²) in [4.78, 5) is 30.6. The molecule has 1 aromatic carbocycles. The molecule has 0 saturated carbocycles. The molecule has 4 aromatic rings. The maximum Gasteiger partial charge on any atom is 0.412 e. The number of likely N-dealkylation sites (N-methyl/N-ethyl adjacent to an activating group) is 1. The average Bonchev–Trinajstić information content (AvgIpc) is 3.71. The molecule has 0 radical (unpaired) electrons. The molecule has 1 saturated heterocycles. The van der Waals surface area contributed by atoms with Crippen LogP contribution in [0.1, 0.15) is 57.7 Å². The van der Waals surface area contributed by atoms with Crippen LogP contribution in [0.4, 0.5) is 24.5 Å². The number of pyridine rings is 1. The molecule has 0 aliphatic carbocycles. The Morgan fingerprint density at radius 1 is 1.25 bits per heavy atom. The molecular formula is C31H33F2N7O3S. The van der Waals surface area contributed by atoms with E-state index in [1.807, 2.05) is 0 Å². The highest BCUT2D eigenvalue weighted by Gasteiger charge is 2.33. The van der Waals surface area contributed by atoms with Crippen LogP contribution >= 0.6 is 11.3 Å². The van der Waals surface area contributed by atoms with Crippen molar-refractivity contribution in [1.29, 1.82) is 5.26 Å². The van der Waals surface area contributed by atoms with Gasteiger partial charge in [-0.1, -0.05) is 0 Å². The maximum atomic E-state index is 16.8. The van der Waals surface area contributed by atoms with Gasteiger partial charge < -0.3 is 14.4 Å². The van der Waals surface area contributed by atoms with Crippen molar-refractivity contribution in [2.75, 3.05) is 30.4 Å². The first kappa shape index (κ1) is 30.1. The van der Waals surface area contributed by atoms with Crippen molar-refractivity contribution in [3.05, 3.63) is 40.7 Å². The Hall–Kier alpha value is -3.99. The fraction of sp³-hybridized carbons (Fsp3) is 0.452. The first-order valence-corrected chi connectivity index (χ1v) is 15.3. The lowest BCUT2D eigenvalue weighted by Gasteiger charge is -2.28. The molecule has 0 spiro atoms. The first-order chi connectivity index (χ1) is 20.9. The second-order valence-corrected chi connectivity index (χ2v) is 13.4. The second-order valence-electron chi connectivity index (χ2n) is 12.4. The van der Waals surface area contributed by atoms with Gasteiger partial charge in [-0.3, -0.25) is 15.2 Å². The number of halogens is 2. The van der Waals surface area contributed by atoms with Gasteiger partial charge in [0.1, 0.15) is 22.2 Å². The smallest absolute Gasteiger partial charge is 0.412 e. The number of amides is 1. The van der Waals surface area contributed by atoms with Crippen molar-refractivity contribution in [3.8, 4) is 17.3 Å². The predicted octanol–water partition coefficient (Wildman–Crippen LogP) is 6.35. The van der Waals surface area contributed by atoms with Crippen molar-refractivity contribution in [1.82, 2.24) is 19.9 Å². The van der Waals surface area contributed by atoms with Crippen LogP contribution in [0.25, 0.3) is 32.2 Å². The molecule has 6 rings (SSSR count). The Labute approximate surface area is 257 Å². The van der Waals surface area contributed by atoms with Gasteiger partial charge in [-0.05, 0) is 59.2 Å². The fourth-order valence-corrected chi connectivity index (χ4v) is 6.87. The summed E-state index contributed by atoms with van der Waals surface area (Å²) in [5, 5.41) is 13.4. The quantitative estimate of drug-likeness (QED) is 0.272. The third kappa shape index (κ3) is 5.21. The average molecular weight is 622 g/mol. The third-order valence-corrected chi connectivity index (χ3v) is 9.27. The SMILES string of the molecule is CC(C)N(C)C1CCN(c2ncc3c4c(c(-c5ncc(F)c6sc(NC(=O)OC(C)(C)C)c(C#N)c56)c(F)c3n2)COC4)C1. The van der Waals surface area contributed by atoms with Crippen LogP contribution < -0.4 is 10.2 Å². The molecule has 3 aromatic heterocycles. The Morgan fingerprint density at radius 2 is 2.00 bits per heavy atom. The number of hydrogen-bond donors (Lipinski definition) is 1. The molecule has 1 atom stereocenters. The Bertz CT molecular complexity index is 1850.